The monoisotopic (exact) mass is 357 g/mol. The Morgan fingerprint density at radius 1 is 1.31 bits per heavy atom. The molecular formula is C20H31N5O. The van der Waals surface area contributed by atoms with Crippen molar-refractivity contribution < 1.29 is 4.74 Å². The molecule has 2 rings (SSSR count). The van der Waals surface area contributed by atoms with Crippen molar-refractivity contribution in [3.63, 3.8) is 0 Å². The van der Waals surface area contributed by atoms with Crippen LogP contribution in [0.5, 0.6) is 5.75 Å². The van der Waals surface area contributed by atoms with Gasteiger partial charge in [0.25, 0.3) is 0 Å². The van der Waals surface area contributed by atoms with Gasteiger partial charge in [0.15, 0.2) is 5.96 Å². The molecule has 0 aliphatic heterocycles. The van der Waals surface area contributed by atoms with Gasteiger partial charge in [-0.1, -0.05) is 17.7 Å². The first-order valence-corrected chi connectivity index (χ1v) is 9.05. The van der Waals surface area contributed by atoms with Gasteiger partial charge in [-0.05, 0) is 40.7 Å². The Morgan fingerprint density at radius 2 is 2.04 bits per heavy atom. The van der Waals surface area contributed by atoms with Gasteiger partial charge in [-0.3, -0.25) is 4.68 Å². The first-order chi connectivity index (χ1) is 12.4. The number of nitrogens with one attached hydrogen (secondary N) is 2. The summed E-state index contributed by atoms with van der Waals surface area (Å²) in [6.07, 6.45) is 0. The molecule has 0 amide bonds. The molecule has 0 radical (unpaired) electrons. The minimum Gasteiger partial charge on any atom is -0.496 e. The molecule has 2 N–H and O–H groups in total. The molecule has 0 saturated carbocycles. The summed E-state index contributed by atoms with van der Waals surface area (Å²) in [5.74, 6) is 1.66. The first kappa shape index (κ1) is 19.8. The van der Waals surface area contributed by atoms with Crippen molar-refractivity contribution in [3.05, 3.63) is 46.3 Å². The lowest BCUT2D eigenvalue weighted by Crippen LogP contribution is -2.38. The first-order valence-electron chi connectivity index (χ1n) is 9.05. The average Bonchev–Trinajstić information content (AvgIpc) is 2.85. The van der Waals surface area contributed by atoms with Crippen molar-refractivity contribution in [2.75, 3.05) is 13.7 Å². The second-order valence-corrected chi connectivity index (χ2v) is 6.58. The molecule has 0 saturated heterocycles. The number of ether oxygens (including phenoxy) is 1. The van der Waals surface area contributed by atoms with E-state index in [1.54, 1.807) is 7.11 Å². The number of nitrogens with zero attached hydrogens (tertiary/aromatic N) is 3. The third kappa shape index (κ3) is 4.56. The molecule has 6 nitrogen and oxygen atoms in total. The van der Waals surface area contributed by atoms with E-state index in [1.165, 1.54) is 11.1 Å². The molecule has 0 aliphatic rings. The summed E-state index contributed by atoms with van der Waals surface area (Å²) in [6, 6.07) is 6.28. The largest absolute Gasteiger partial charge is 0.496 e. The average molecular weight is 358 g/mol. The molecule has 142 valence electrons. The molecule has 0 aliphatic carbocycles. The predicted molar refractivity (Wildman–Crippen MR) is 107 cm³/mol. The molecule has 1 aromatic heterocycles. The van der Waals surface area contributed by atoms with E-state index in [0.717, 1.165) is 35.2 Å². The normalized spacial score (nSPS) is 12.8. The van der Waals surface area contributed by atoms with E-state index in [9.17, 15) is 0 Å². The number of guanidine groups is 1. The fourth-order valence-electron chi connectivity index (χ4n) is 3.00. The van der Waals surface area contributed by atoms with Crippen LogP contribution in [-0.2, 0) is 13.6 Å². The number of aliphatic imine (C=N–C) groups is 1. The third-order valence-electron chi connectivity index (χ3n) is 4.60. The van der Waals surface area contributed by atoms with Crippen LogP contribution < -0.4 is 15.4 Å². The van der Waals surface area contributed by atoms with Gasteiger partial charge in [0.05, 0.1) is 25.4 Å². The van der Waals surface area contributed by atoms with E-state index in [4.69, 9.17) is 9.73 Å². The summed E-state index contributed by atoms with van der Waals surface area (Å²) >= 11 is 0. The lowest BCUT2D eigenvalue weighted by atomic mass is 10.0. The van der Waals surface area contributed by atoms with Gasteiger partial charge in [-0.25, -0.2) is 4.99 Å². The van der Waals surface area contributed by atoms with E-state index in [2.05, 4.69) is 55.6 Å². The van der Waals surface area contributed by atoms with Crippen LogP contribution in [-0.4, -0.2) is 29.4 Å². The van der Waals surface area contributed by atoms with Gasteiger partial charge in [0, 0.05) is 30.4 Å². The highest BCUT2D eigenvalue weighted by Gasteiger charge is 2.14. The Kier molecular flexibility index (Phi) is 6.66. The van der Waals surface area contributed by atoms with Crippen molar-refractivity contribution in [2.45, 2.75) is 47.2 Å². The molecule has 0 spiro atoms. The van der Waals surface area contributed by atoms with Crippen LogP contribution in [0.3, 0.4) is 0 Å². The number of aromatic nitrogens is 2. The van der Waals surface area contributed by atoms with Crippen molar-refractivity contribution in [3.8, 4) is 5.75 Å². The molecule has 1 atom stereocenters. The van der Waals surface area contributed by atoms with E-state index >= 15 is 0 Å². The van der Waals surface area contributed by atoms with Gasteiger partial charge < -0.3 is 15.4 Å². The van der Waals surface area contributed by atoms with E-state index in [0.29, 0.717) is 6.54 Å². The fraction of sp³-hybridized carbons (Fsp3) is 0.500. The predicted octanol–water partition coefficient (Wildman–Crippen LogP) is 3.17. The number of rotatable bonds is 6. The molecule has 0 bridgehead atoms. The molecule has 2 aromatic rings. The lowest BCUT2D eigenvalue weighted by molar-refractivity contribution is 0.405. The maximum absolute atomic E-state index is 5.52. The fourth-order valence-corrected chi connectivity index (χ4v) is 3.00. The number of benzene rings is 1. The van der Waals surface area contributed by atoms with Gasteiger partial charge in [0.2, 0.25) is 0 Å². The molecule has 26 heavy (non-hydrogen) atoms. The summed E-state index contributed by atoms with van der Waals surface area (Å²) < 4.78 is 7.42. The summed E-state index contributed by atoms with van der Waals surface area (Å²) in [4.78, 5) is 4.76. The van der Waals surface area contributed by atoms with Crippen LogP contribution in [0.1, 0.15) is 48.0 Å². The Bertz CT molecular complexity index is 779. The van der Waals surface area contributed by atoms with Crippen molar-refractivity contribution in [1.82, 2.24) is 20.4 Å². The lowest BCUT2D eigenvalue weighted by Gasteiger charge is -2.20. The topological polar surface area (TPSA) is 63.5 Å². The van der Waals surface area contributed by atoms with E-state index < -0.39 is 0 Å². The number of aryl methyl sites for hydroxylation is 3. The summed E-state index contributed by atoms with van der Waals surface area (Å²) in [5, 5.41) is 11.3. The smallest absolute Gasteiger partial charge is 0.192 e. The van der Waals surface area contributed by atoms with Gasteiger partial charge in [-0.15, -0.1) is 0 Å². The molecular weight excluding hydrogens is 326 g/mol. The zero-order chi connectivity index (χ0) is 19.3. The zero-order valence-electron chi connectivity index (χ0n) is 17.0. The Morgan fingerprint density at radius 3 is 2.62 bits per heavy atom. The maximum atomic E-state index is 5.52. The van der Waals surface area contributed by atoms with Crippen LogP contribution >= 0.6 is 0 Å². The number of hydrogen-bond acceptors (Lipinski definition) is 3. The van der Waals surface area contributed by atoms with Crippen molar-refractivity contribution in [2.24, 2.45) is 12.0 Å². The zero-order valence-corrected chi connectivity index (χ0v) is 17.0. The van der Waals surface area contributed by atoms with Crippen molar-refractivity contribution >= 4 is 5.96 Å². The van der Waals surface area contributed by atoms with E-state index in [-0.39, 0.29) is 6.04 Å². The summed E-state index contributed by atoms with van der Waals surface area (Å²) in [6.45, 7) is 11.8. The second kappa shape index (κ2) is 8.74. The summed E-state index contributed by atoms with van der Waals surface area (Å²) in [5.41, 5.74) is 5.67. The molecule has 0 fully saturated rings. The van der Waals surface area contributed by atoms with Crippen LogP contribution in [0, 0.1) is 20.8 Å². The highest BCUT2D eigenvalue weighted by molar-refractivity contribution is 5.80. The summed E-state index contributed by atoms with van der Waals surface area (Å²) in [7, 11) is 3.67. The van der Waals surface area contributed by atoms with Gasteiger partial charge in [-0.2, -0.15) is 5.10 Å². The van der Waals surface area contributed by atoms with Crippen LogP contribution in [0.2, 0.25) is 0 Å². The Labute approximate surface area is 156 Å². The van der Waals surface area contributed by atoms with E-state index in [1.807, 2.05) is 24.7 Å². The van der Waals surface area contributed by atoms with Crippen molar-refractivity contribution in [1.29, 1.82) is 0 Å². The highest BCUT2D eigenvalue weighted by atomic mass is 16.5. The standard InChI is InChI=1S/C20H31N5O/c1-8-21-20(22-12-18-15(4)24-25(6)16(18)5)23-14(3)17-11-13(2)9-10-19(17)26-7/h9-11,14H,8,12H2,1-7H3,(H2,21,22,23). The van der Waals surface area contributed by atoms with Crippen LogP contribution in [0.15, 0.2) is 23.2 Å². The molecule has 1 heterocycles. The highest BCUT2D eigenvalue weighted by Crippen LogP contribution is 2.26. The minimum atomic E-state index is 0.0683. The minimum absolute atomic E-state index is 0.0683. The van der Waals surface area contributed by atoms with Crippen LogP contribution in [0.25, 0.3) is 0 Å². The van der Waals surface area contributed by atoms with Crippen LogP contribution in [0.4, 0.5) is 0 Å². The number of hydrogen-bond donors (Lipinski definition) is 2. The quantitative estimate of drug-likeness (QED) is 0.616. The third-order valence-corrected chi connectivity index (χ3v) is 4.60. The molecule has 1 unspecified atom stereocenters. The number of methoxy groups -OCH3 is 1. The Balaban J connectivity index is 2.20. The molecule has 1 aromatic carbocycles. The second-order valence-electron chi connectivity index (χ2n) is 6.58. The van der Waals surface area contributed by atoms with Gasteiger partial charge >= 0.3 is 0 Å². The molecule has 6 heteroatoms. The SMILES string of the molecule is CCNC(=NCc1c(C)nn(C)c1C)NC(C)c1cc(C)ccc1OC. The Hall–Kier alpha value is -2.50. The van der Waals surface area contributed by atoms with Gasteiger partial charge in [0.1, 0.15) is 5.75 Å². The maximum Gasteiger partial charge on any atom is 0.192 e.